The highest BCUT2D eigenvalue weighted by atomic mass is 19.1. The number of aliphatic carboxylic acids is 1. The third kappa shape index (κ3) is 2.81. The first-order valence-electron chi connectivity index (χ1n) is 6.17. The molecular formula is C13H15FN2O4. The Kier molecular flexibility index (Phi) is 4.07. The molecule has 1 aromatic carbocycles. The molecule has 2 N–H and O–H groups in total. The van der Waals surface area contributed by atoms with Crippen molar-refractivity contribution in [2.75, 3.05) is 19.0 Å². The Hall–Kier alpha value is -2.31. The fraction of sp³-hybridized carbons (Fsp3) is 0.385. The lowest BCUT2D eigenvalue weighted by Crippen LogP contribution is -2.42. The summed E-state index contributed by atoms with van der Waals surface area (Å²) in [5, 5.41) is 11.4. The molecule has 0 saturated carbocycles. The van der Waals surface area contributed by atoms with Crippen molar-refractivity contribution in [3.8, 4) is 5.75 Å². The van der Waals surface area contributed by atoms with Crippen LogP contribution in [-0.4, -0.2) is 41.7 Å². The van der Waals surface area contributed by atoms with Crippen molar-refractivity contribution >= 4 is 17.7 Å². The van der Waals surface area contributed by atoms with Crippen molar-refractivity contribution in [3.63, 3.8) is 0 Å². The zero-order chi connectivity index (χ0) is 14.7. The first-order valence-corrected chi connectivity index (χ1v) is 6.17. The average molecular weight is 282 g/mol. The number of carboxylic acid groups (broad SMARTS) is 1. The molecule has 1 aliphatic rings. The number of benzene rings is 1. The van der Waals surface area contributed by atoms with Crippen LogP contribution < -0.4 is 10.1 Å². The quantitative estimate of drug-likeness (QED) is 0.887. The summed E-state index contributed by atoms with van der Waals surface area (Å²) < 4.78 is 18.6. The second kappa shape index (κ2) is 5.77. The molecular weight excluding hydrogens is 267 g/mol. The van der Waals surface area contributed by atoms with Crippen molar-refractivity contribution in [3.05, 3.63) is 24.0 Å². The number of likely N-dealkylation sites (tertiary alicyclic amines) is 1. The van der Waals surface area contributed by atoms with Gasteiger partial charge in [0.1, 0.15) is 17.6 Å². The number of hydrogen-bond acceptors (Lipinski definition) is 3. The van der Waals surface area contributed by atoms with Crippen LogP contribution in [0.4, 0.5) is 14.9 Å². The van der Waals surface area contributed by atoms with E-state index in [1.54, 1.807) is 0 Å². The molecule has 0 radical (unpaired) electrons. The molecule has 1 heterocycles. The standard InChI is InChI=1S/C13H15FN2O4/c1-20-8-4-5-9(14)10(7-8)15-13(19)16-6-2-3-11(16)12(17)18/h4-5,7,11H,2-3,6H2,1H3,(H,15,19)(H,17,18)/t11-/m0/s1. The van der Waals surface area contributed by atoms with E-state index in [9.17, 15) is 14.0 Å². The van der Waals surface area contributed by atoms with Gasteiger partial charge in [-0.05, 0) is 25.0 Å². The molecule has 2 rings (SSSR count). The lowest BCUT2D eigenvalue weighted by Gasteiger charge is -2.22. The molecule has 7 heteroatoms. The third-order valence-corrected chi connectivity index (χ3v) is 3.21. The Bertz CT molecular complexity index is 535. The zero-order valence-electron chi connectivity index (χ0n) is 10.9. The molecule has 1 atom stereocenters. The predicted molar refractivity (Wildman–Crippen MR) is 69.3 cm³/mol. The number of amides is 2. The van der Waals surface area contributed by atoms with Gasteiger partial charge in [0.15, 0.2) is 0 Å². The fourth-order valence-corrected chi connectivity index (χ4v) is 2.18. The van der Waals surface area contributed by atoms with E-state index in [1.165, 1.54) is 30.2 Å². The third-order valence-electron chi connectivity index (χ3n) is 3.21. The van der Waals surface area contributed by atoms with E-state index in [0.717, 1.165) is 0 Å². The highest BCUT2D eigenvalue weighted by molar-refractivity contribution is 5.93. The van der Waals surface area contributed by atoms with Crippen molar-refractivity contribution in [1.29, 1.82) is 0 Å². The first-order chi connectivity index (χ1) is 9.52. The van der Waals surface area contributed by atoms with Gasteiger partial charge >= 0.3 is 12.0 Å². The molecule has 1 aliphatic heterocycles. The SMILES string of the molecule is COc1ccc(F)c(NC(=O)N2CCC[C@H]2C(=O)O)c1. The molecule has 1 aromatic rings. The Morgan fingerprint density at radius 1 is 1.50 bits per heavy atom. The summed E-state index contributed by atoms with van der Waals surface area (Å²) in [4.78, 5) is 24.2. The largest absolute Gasteiger partial charge is 0.497 e. The Labute approximate surface area is 115 Å². The summed E-state index contributed by atoms with van der Waals surface area (Å²) in [6, 6.07) is 2.47. The number of halogens is 1. The second-order valence-corrected chi connectivity index (χ2v) is 4.47. The van der Waals surface area contributed by atoms with E-state index < -0.39 is 23.9 Å². The maximum Gasteiger partial charge on any atom is 0.326 e. The van der Waals surface area contributed by atoms with E-state index in [1.807, 2.05) is 0 Å². The summed E-state index contributed by atoms with van der Waals surface area (Å²) in [6.45, 7) is 0.342. The minimum Gasteiger partial charge on any atom is -0.497 e. The number of ether oxygens (including phenoxy) is 1. The monoisotopic (exact) mass is 282 g/mol. The van der Waals surface area contributed by atoms with Crippen molar-refractivity contribution in [2.24, 2.45) is 0 Å². The molecule has 0 bridgehead atoms. The molecule has 1 saturated heterocycles. The summed E-state index contributed by atoms with van der Waals surface area (Å²) in [5.74, 6) is -1.26. The minimum absolute atomic E-state index is 0.0367. The van der Waals surface area contributed by atoms with Crippen LogP contribution in [0.3, 0.4) is 0 Å². The summed E-state index contributed by atoms with van der Waals surface area (Å²) >= 11 is 0. The number of carboxylic acids is 1. The van der Waals surface area contributed by atoms with Crippen LogP contribution in [0, 0.1) is 5.82 Å². The second-order valence-electron chi connectivity index (χ2n) is 4.47. The number of rotatable bonds is 3. The number of carbonyl (C=O) groups excluding carboxylic acids is 1. The highest BCUT2D eigenvalue weighted by Gasteiger charge is 2.34. The van der Waals surface area contributed by atoms with Gasteiger partial charge in [-0.25, -0.2) is 14.0 Å². The van der Waals surface area contributed by atoms with Crippen LogP contribution in [0.15, 0.2) is 18.2 Å². The van der Waals surface area contributed by atoms with Crippen LogP contribution in [0.5, 0.6) is 5.75 Å². The summed E-state index contributed by atoms with van der Waals surface area (Å²) in [5.41, 5.74) is -0.0367. The molecule has 1 fully saturated rings. The van der Waals surface area contributed by atoms with Gasteiger partial charge in [0, 0.05) is 12.6 Å². The number of carbonyl (C=O) groups is 2. The van der Waals surface area contributed by atoms with Crippen LogP contribution in [0.1, 0.15) is 12.8 Å². The Morgan fingerprint density at radius 2 is 2.25 bits per heavy atom. The molecule has 0 unspecified atom stereocenters. The van der Waals surface area contributed by atoms with E-state index >= 15 is 0 Å². The van der Waals surface area contributed by atoms with Gasteiger partial charge in [0.2, 0.25) is 0 Å². The number of nitrogens with zero attached hydrogens (tertiary/aromatic N) is 1. The molecule has 2 amide bonds. The van der Waals surface area contributed by atoms with Crippen LogP contribution >= 0.6 is 0 Å². The van der Waals surface area contributed by atoms with Crippen LogP contribution in [0.2, 0.25) is 0 Å². The van der Waals surface area contributed by atoms with Crippen LogP contribution in [0.25, 0.3) is 0 Å². The lowest BCUT2D eigenvalue weighted by atomic mass is 10.2. The van der Waals surface area contributed by atoms with E-state index in [4.69, 9.17) is 9.84 Å². The normalized spacial score (nSPS) is 17.9. The lowest BCUT2D eigenvalue weighted by molar-refractivity contribution is -0.141. The number of urea groups is 1. The first kappa shape index (κ1) is 14.1. The number of methoxy groups -OCH3 is 1. The molecule has 6 nitrogen and oxygen atoms in total. The van der Waals surface area contributed by atoms with Gasteiger partial charge < -0.3 is 20.1 Å². The number of anilines is 1. The fourth-order valence-electron chi connectivity index (χ4n) is 2.18. The van der Waals surface area contributed by atoms with Crippen LogP contribution in [-0.2, 0) is 4.79 Å². The molecule has 0 spiro atoms. The van der Waals surface area contributed by atoms with Crippen molar-refractivity contribution in [1.82, 2.24) is 4.90 Å². The minimum atomic E-state index is -1.05. The maximum absolute atomic E-state index is 13.6. The molecule has 20 heavy (non-hydrogen) atoms. The van der Waals surface area contributed by atoms with Gasteiger partial charge in [0.05, 0.1) is 12.8 Å². The van der Waals surface area contributed by atoms with E-state index in [-0.39, 0.29) is 5.69 Å². The van der Waals surface area contributed by atoms with Gasteiger partial charge in [-0.3, -0.25) is 0 Å². The van der Waals surface area contributed by atoms with E-state index in [2.05, 4.69) is 5.32 Å². The van der Waals surface area contributed by atoms with Gasteiger partial charge in [-0.2, -0.15) is 0 Å². The van der Waals surface area contributed by atoms with Crippen molar-refractivity contribution in [2.45, 2.75) is 18.9 Å². The molecule has 0 aliphatic carbocycles. The Balaban J connectivity index is 2.13. The van der Waals surface area contributed by atoms with Gasteiger partial charge in [-0.1, -0.05) is 0 Å². The Morgan fingerprint density at radius 3 is 2.90 bits per heavy atom. The zero-order valence-corrected chi connectivity index (χ0v) is 10.9. The van der Waals surface area contributed by atoms with Gasteiger partial charge in [0.25, 0.3) is 0 Å². The average Bonchev–Trinajstić information content (AvgIpc) is 2.90. The maximum atomic E-state index is 13.6. The van der Waals surface area contributed by atoms with Gasteiger partial charge in [-0.15, -0.1) is 0 Å². The predicted octanol–water partition coefficient (Wildman–Crippen LogP) is 1.92. The number of nitrogens with one attached hydrogen (secondary N) is 1. The number of hydrogen-bond donors (Lipinski definition) is 2. The smallest absolute Gasteiger partial charge is 0.326 e. The summed E-state index contributed by atoms with van der Waals surface area (Å²) in [6.07, 6.45) is 1.02. The molecule has 108 valence electrons. The summed E-state index contributed by atoms with van der Waals surface area (Å²) in [7, 11) is 1.43. The van der Waals surface area contributed by atoms with Crippen molar-refractivity contribution < 1.29 is 23.8 Å². The topological polar surface area (TPSA) is 78.9 Å². The highest BCUT2D eigenvalue weighted by Crippen LogP contribution is 2.23. The van der Waals surface area contributed by atoms with E-state index in [0.29, 0.717) is 25.1 Å². The molecule has 0 aromatic heterocycles.